The van der Waals surface area contributed by atoms with Crippen LogP contribution in [0.15, 0.2) is 31.7 Å². The van der Waals surface area contributed by atoms with Crippen LogP contribution in [0.1, 0.15) is 6.92 Å². The lowest BCUT2D eigenvalue weighted by Gasteiger charge is -2.13. The molecule has 1 atom stereocenters. The molecule has 1 unspecified atom stereocenters. The molecule has 3 aromatic rings. The molecule has 0 radical (unpaired) electrons. The van der Waals surface area contributed by atoms with Crippen molar-refractivity contribution in [3.05, 3.63) is 12.1 Å². The van der Waals surface area contributed by atoms with Crippen LogP contribution in [-0.2, 0) is 40.5 Å². The Kier molecular flexibility index (Phi) is 6.48. The second kappa shape index (κ2) is 8.29. The number of ether oxygens (including phenoxy) is 1. The molecule has 188 valence electrons. The van der Waals surface area contributed by atoms with E-state index in [-0.39, 0.29) is 17.9 Å². The van der Waals surface area contributed by atoms with Crippen molar-refractivity contribution in [1.82, 2.24) is 4.98 Å². The molecule has 0 fully saturated rings. The molecule has 0 saturated carbocycles. The molecule has 1 heterocycles. The van der Waals surface area contributed by atoms with Crippen molar-refractivity contribution < 1.29 is 56.6 Å². The van der Waals surface area contributed by atoms with Gasteiger partial charge in [-0.2, -0.15) is 33.7 Å². The highest BCUT2D eigenvalue weighted by Crippen LogP contribution is 2.45. The van der Waals surface area contributed by atoms with Crippen molar-refractivity contribution in [3.8, 4) is 5.19 Å². The molecule has 0 saturated heterocycles. The Labute approximate surface area is 196 Å². The number of nitrogens with zero attached hydrogens (tertiary/aromatic N) is 1. The number of aromatic nitrogens is 1. The molecule has 20 heteroatoms. The van der Waals surface area contributed by atoms with Crippen molar-refractivity contribution in [3.63, 3.8) is 0 Å². The molecule has 34 heavy (non-hydrogen) atoms. The molecule has 0 aliphatic heterocycles. The van der Waals surface area contributed by atoms with Crippen molar-refractivity contribution in [2.75, 3.05) is 6.61 Å². The predicted octanol–water partition coefficient (Wildman–Crippen LogP) is 0.162. The zero-order valence-corrected chi connectivity index (χ0v) is 20.6. The van der Waals surface area contributed by atoms with Crippen molar-refractivity contribution in [2.45, 2.75) is 32.5 Å². The quantitative estimate of drug-likeness (QED) is 0.234. The summed E-state index contributed by atoms with van der Waals surface area (Å²) in [6.07, 6.45) is 0. The largest absolute Gasteiger partial charge is 0.468 e. The second-order valence-corrected chi connectivity index (χ2v) is 13.3. The Morgan fingerprint density at radius 3 is 1.91 bits per heavy atom. The van der Waals surface area contributed by atoms with E-state index in [4.69, 9.17) is 10.5 Å². The Morgan fingerprint density at radius 1 is 0.912 bits per heavy atom. The highest BCUT2D eigenvalue weighted by Gasteiger charge is 2.35. The summed E-state index contributed by atoms with van der Waals surface area (Å²) >= 11 is 0.319. The number of rotatable bonds is 7. The van der Waals surface area contributed by atoms with Crippen molar-refractivity contribution in [2.24, 2.45) is 5.73 Å². The molecule has 0 amide bonds. The van der Waals surface area contributed by atoms with E-state index in [1.54, 1.807) is 0 Å². The Hall–Kier alpha value is -2.01. The Balaban J connectivity index is 2.80. The highest BCUT2D eigenvalue weighted by atomic mass is 32.2. The molecule has 1 aromatic heterocycles. The van der Waals surface area contributed by atoms with Gasteiger partial charge in [0.25, 0.3) is 45.7 Å². The summed E-state index contributed by atoms with van der Waals surface area (Å²) in [5.74, 6) is 0. The van der Waals surface area contributed by atoms with E-state index in [1.807, 2.05) is 0 Å². The number of benzene rings is 2. The third-order valence-electron chi connectivity index (χ3n) is 4.14. The molecule has 0 aliphatic carbocycles. The lowest BCUT2D eigenvalue weighted by atomic mass is 10.1. The molecular weight excluding hydrogens is 564 g/mol. The molecule has 2 aromatic carbocycles. The number of fused-ring (bicyclic) bond motifs is 3. The zero-order chi connectivity index (χ0) is 26.0. The minimum absolute atomic E-state index is 0.192. The molecule has 0 aliphatic rings. The van der Waals surface area contributed by atoms with E-state index in [2.05, 4.69) is 4.98 Å². The fourth-order valence-corrected chi connectivity index (χ4v) is 7.78. The smallest absolute Gasteiger partial charge is 0.297 e. The van der Waals surface area contributed by atoms with Gasteiger partial charge in [0.15, 0.2) is 0 Å². The summed E-state index contributed by atoms with van der Waals surface area (Å²) in [5, 5.41) is -2.35. The van der Waals surface area contributed by atoms with Gasteiger partial charge in [0.05, 0.1) is 15.1 Å². The van der Waals surface area contributed by atoms with Gasteiger partial charge < -0.3 is 10.5 Å². The standard InChI is InChI=1S/C14H14N2O13S5/c1-5(15)4-29-14-16-10-9-7(2-6(31(17,18)19)3-8(9)32(20,21)22)12(33(23,24)25)13(11(10)30-14)34(26,27)28/h2-3,5H,4,15H2,1H3,(H,17,18,19)(H,20,21,22)(H,23,24,25)(H,26,27,28). The number of hydrogen-bond donors (Lipinski definition) is 5. The first-order chi connectivity index (χ1) is 15.2. The first kappa shape index (κ1) is 26.6. The van der Waals surface area contributed by atoms with E-state index in [9.17, 15) is 51.9 Å². The van der Waals surface area contributed by atoms with E-state index >= 15 is 0 Å². The summed E-state index contributed by atoms with van der Waals surface area (Å²) < 4.78 is 139. The number of thiazole rings is 1. The van der Waals surface area contributed by atoms with Gasteiger partial charge in [0.1, 0.15) is 21.3 Å². The van der Waals surface area contributed by atoms with Crippen LogP contribution in [-0.4, -0.2) is 69.5 Å². The minimum Gasteiger partial charge on any atom is -0.468 e. The molecule has 3 rings (SSSR count). The zero-order valence-electron chi connectivity index (χ0n) is 16.5. The van der Waals surface area contributed by atoms with Crippen LogP contribution in [0.2, 0.25) is 0 Å². The maximum absolute atomic E-state index is 12.2. The fraction of sp³-hybridized carbons (Fsp3) is 0.214. The summed E-state index contributed by atoms with van der Waals surface area (Å²) in [4.78, 5) is -1.82. The lowest BCUT2D eigenvalue weighted by Crippen LogP contribution is -2.23. The van der Waals surface area contributed by atoms with Gasteiger partial charge in [0, 0.05) is 16.8 Å². The second-order valence-electron chi connectivity index (χ2n) is 6.85. The SMILES string of the molecule is CC(N)COc1nc2c(s1)c(S(=O)(=O)O)c(S(=O)(=O)O)c1cc(S(=O)(=O)O)cc(S(=O)(=O)O)c12. The number of hydrogen-bond acceptors (Lipinski definition) is 12. The van der Waals surface area contributed by atoms with Gasteiger partial charge in [-0.3, -0.25) is 18.2 Å². The summed E-state index contributed by atoms with van der Waals surface area (Å²) in [6.45, 7) is 1.33. The molecule has 0 spiro atoms. The van der Waals surface area contributed by atoms with Gasteiger partial charge in [-0.15, -0.1) is 0 Å². The first-order valence-electron chi connectivity index (χ1n) is 8.45. The van der Waals surface area contributed by atoms with Crippen molar-refractivity contribution >= 4 is 72.8 Å². The van der Waals surface area contributed by atoms with Gasteiger partial charge in [-0.25, -0.2) is 4.98 Å². The average Bonchev–Trinajstić information content (AvgIpc) is 3.04. The minimum atomic E-state index is -5.65. The predicted molar refractivity (Wildman–Crippen MR) is 116 cm³/mol. The first-order valence-corrected chi connectivity index (χ1v) is 15.0. The lowest BCUT2D eigenvalue weighted by molar-refractivity contribution is 0.295. The summed E-state index contributed by atoms with van der Waals surface area (Å²) in [6, 6.07) is 0.0111. The molecule has 0 bridgehead atoms. The van der Waals surface area contributed by atoms with Gasteiger partial charge in [0.2, 0.25) is 0 Å². The average molecular weight is 579 g/mol. The van der Waals surface area contributed by atoms with Crippen LogP contribution in [0.25, 0.3) is 21.0 Å². The van der Waals surface area contributed by atoms with Crippen molar-refractivity contribution in [1.29, 1.82) is 0 Å². The number of nitrogens with two attached hydrogens (primary N) is 1. The van der Waals surface area contributed by atoms with E-state index in [0.717, 1.165) is 0 Å². The summed E-state index contributed by atoms with van der Waals surface area (Å²) in [5.41, 5.74) is 4.90. The van der Waals surface area contributed by atoms with E-state index < -0.39 is 87.1 Å². The van der Waals surface area contributed by atoms with Gasteiger partial charge >= 0.3 is 0 Å². The monoisotopic (exact) mass is 578 g/mol. The maximum atomic E-state index is 12.2. The van der Waals surface area contributed by atoms with Crippen LogP contribution in [0, 0.1) is 0 Å². The summed E-state index contributed by atoms with van der Waals surface area (Å²) in [7, 11) is -21.8. The molecular formula is C14H14N2O13S5. The van der Waals surface area contributed by atoms with Gasteiger partial charge in [-0.1, -0.05) is 11.3 Å². The topological polar surface area (TPSA) is 266 Å². The van der Waals surface area contributed by atoms with Crippen LogP contribution in [0.5, 0.6) is 5.19 Å². The van der Waals surface area contributed by atoms with E-state index in [1.165, 1.54) is 6.92 Å². The van der Waals surface area contributed by atoms with Crippen LogP contribution in [0.3, 0.4) is 0 Å². The molecule has 6 N–H and O–H groups in total. The van der Waals surface area contributed by atoms with E-state index in [0.29, 0.717) is 17.4 Å². The Bertz CT molecular complexity index is 1770. The molecule has 15 nitrogen and oxygen atoms in total. The van der Waals surface area contributed by atoms with Crippen LogP contribution < -0.4 is 10.5 Å². The van der Waals surface area contributed by atoms with Crippen LogP contribution >= 0.6 is 11.3 Å². The Morgan fingerprint density at radius 2 is 1.47 bits per heavy atom. The fourth-order valence-electron chi connectivity index (χ4n) is 2.97. The third-order valence-corrected chi connectivity index (χ3v) is 8.96. The third kappa shape index (κ3) is 5.00. The highest BCUT2D eigenvalue weighted by molar-refractivity contribution is 7.89. The normalized spacial score (nSPS) is 14.5. The maximum Gasteiger partial charge on any atom is 0.297 e. The van der Waals surface area contributed by atoms with Crippen LogP contribution in [0.4, 0.5) is 0 Å². The van der Waals surface area contributed by atoms with Gasteiger partial charge in [-0.05, 0) is 19.1 Å².